The summed E-state index contributed by atoms with van der Waals surface area (Å²) in [5, 5.41) is 2.68. The molecule has 7 nitrogen and oxygen atoms in total. The lowest BCUT2D eigenvalue weighted by Gasteiger charge is -2.28. The van der Waals surface area contributed by atoms with Crippen LogP contribution in [0.15, 0.2) is 64.2 Å². The molecular formula is C24H22ClN3O4S3. The van der Waals surface area contributed by atoms with Crippen LogP contribution in [0.1, 0.15) is 18.4 Å². The van der Waals surface area contributed by atoms with Crippen molar-refractivity contribution >= 4 is 65.6 Å². The maximum Gasteiger partial charge on any atom is 0.253 e. The molecule has 5 rings (SSSR count). The summed E-state index contributed by atoms with van der Waals surface area (Å²) in [4.78, 5) is 20.3. The molecule has 0 radical (unpaired) electrons. The number of sulfonamides is 1. The molecule has 35 heavy (non-hydrogen) atoms. The summed E-state index contributed by atoms with van der Waals surface area (Å²) in [5.74, 6) is 0.252. The molecule has 1 fully saturated rings. The van der Waals surface area contributed by atoms with Gasteiger partial charge in [-0.1, -0.05) is 59.3 Å². The third-order valence-electron chi connectivity index (χ3n) is 5.89. The summed E-state index contributed by atoms with van der Waals surface area (Å²) in [6, 6.07) is 15.5. The van der Waals surface area contributed by atoms with E-state index >= 15 is 0 Å². The summed E-state index contributed by atoms with van der Waals surface area (Å²) in [5.41, 5.74) is 1.48. The van der Waals surface area contributed by atoms with E-state index in [2.05, 4.69) is 0 Å². The number of methoxy groups -OCH3 is 1. The van der Waals surface area contributed by atoms with Gasteiger partial charge in [-0.3, -0.25) is 9.69 Å². The Labute approximate surface area is 216 Å². The quantitative estimate of drug-likeness (QED) is 0.309. The fraction of sp³-hybridized carbons (Fsp3) is 0.250. The molecule has 0 aliphatic carbocycles. The van der Waals surface area contributed by atoms with Crippen LogP contribution in [0.4, 0.5) is 5.13 Å². The highest BCUT2D eigenvalue weighted by atomic mass is 35.5. The number of anilines is 1. The third-order valence-corrected chi connectivity index (χ3v) is 10.7. The molecule has 1 aliphatic heterocycles. The maximum absolute atomic E-state index is 14.0. The maximum atomic E-state index is 14.0. The number of rotatable bonds is 7. The van der Waals surface area contributed by atoms with Crippen LogP contribution >= 0.6 is 34.3 Å². The Bertz CT molecular complexity index is 1460. The van der Waals surface area contributed by atoms with Gasteiger partial charge < -0.3 is 4.74 Å². The van der Waals surface area contributed by atoms with Crippen LogP contribution < -0.4 is 9.64 Å². The first kappa shape index (κ1) is 24.2. The van der Waals surface area contributed by atoms with E-state index in [0.717, 1.165) is 16.9 Å². The summed E-state index contributed by atoms with van der Waals surface area (Å²) in [6.45, 7) is 0.554. The highest BCUT2D eigenvalue weighted by Crippen LogP contribution is 2.40. The molecule has 1 saturated heterocycles. The fourth-order valence-corrected chi connectivity index (χ4v) is 8.24. The molecule has 4 aromatic rings. The smallest absolute Gasteiger partial charge is 0.253 e. The third kappa shape index (κ3) is 4.56. The number of thiazole rings is 1. The standard InChI is InChI=1S/C24H22ClN3O4S3/c1-32-19-12-11-17(25)22-21(19)26-24(34-22)27(15-16-7-3-2-4-8-16)23(29)18-9-5-13-28(18)35(30,31)20-10-6-14-33-20/h2-4,6-8,10-12,14,18H,5,9,13,15H2,1H3. The number of hydrogen-bond acceptors (Lipinski definition) is 7. The number of thiophene rings is 1. The van der Waals surface area contributed by atoms with Gasteiger partial charge in [0.2, 0.25) is 5.91 Å². The van der Waals surface area contributed by atoms with Gasteiger partial charge in [-0.2, -0.15) is 4.31 Å². The minimum atomic E-state index is -3.77. The summed E-state index contributed by atoms with van der Waals surface area (Å²) in [7, 11) is -2.22. The molecule has 1 amide bonds. The largest absolute Gasteiger partial charge is 0.494 e. The van der Waals surface area contributed by atoms with E-state index in [1.165, 1.54) is 15.6 Å². The van der Waals surface area contributed by atoms with E-state index in [4.69, 9.17) is 21.3 Å². The zero-order valence-electron chi connectivity index (χ0n) is 18.8. The Morgan fingerprint density at radius 2 is 2.00 bits per heavy atom. The topological polar surface area (TPSA) is 79.8 Å². The van der Waals surface area contributed by atoms with E-state index in [0.29, 0.717) is 45.5 Å². The molecule has 0 saturated carbocycles. The van der Waals surface area contributed by atoms with Crippen molar-refractivity contribution in [2.45, 2.75) is 29.6 Å². The Hall–Kier alpha value is -2.50. The first-order valence-electron chi connectivity index (χ1n) is 10.9. The van der Waals surface area contributed by atoms with Crippen molar-refractivity contribution in [3.05, 3.63) is 70.6 Å². The monoisotopic (exact) mass is 547 g/mol. The molecule has 1 aliphatic rings. The first-order valence-corrected chi connectivity index (χ1v) is 14.5. The van der Waals surface area contributed by atoms with Crippen LogP contribution in [0, 0.1) is 0 Å². The molecule has 0 N–H and O–H groups in total. The minimum absolute atomic E-state index is 0.239. The van der Waals surface area contributed by atoms with Gasteiger partial charge in [-0.25, -0.2) is 13.4 Å². The van der Waals surface area contributed by atoms with Gasteiger partial charge in [-0.15, -0.1) is 11.3 Å². The molecule has 3 heterocycles. The minimum Gasteiger partial charge on any atom is -0.494 e. The van der Waals surface area contributed by atoms with Crippen molar-refractivity contribution in [1.29, 1.82) is 0 Å². The number of carbonyl (C=O) groups is 1. The number of aromatic nitrogens is 1. The van der Waals surface area contributed by atoms with Crippen molar-refractivity contribution in [3.8, 4) is 5.75 Å². The van der Waals surface area contributed by atoms with Gasteiger partial charge in [0.15, 0.2) is 5.13 Å². The summed E-state index contributed by atoms with van der Waals surface area (Å²) < 4.78 is 34.4. The number of benzene rings is 2. The van der Waals surface area contributed by atoms with E-state index in [-0.39, 0.29) is 16.7 Å². The normalized spacial score (nSPS) is 16.6. The van der Waals surface area contributed by atoms with E-state index < -0.39 is 16.1 Å². The van der Waals surface area contributed by atoms with Crippen LogP contribution in [0.2, 0.25) is 5.02 Å². The van der Waals surface area contributed by atoms with Crippen molar-refractivity contribution in [3.63, 3.8) is 0 Å². The van der Waals surface area contributed by atoms with Gasteiger partial charge in [0.1, 0.15) is 21.5 Å². The molecule has 182 valence electrons. The van der Waals surface area contributed by atoms with E-state index in [9.17, 15) is 13.2 Å². The van der Waals surface area contributed by atoms with Crippen molar-refractivity contribution in [2.75, 3.05) is 18.6 Å². The highest BCUT2D eigenvalue weighted by molar-refractivity contribution is 7.91. The van der Waals surface area contributed by atoms with Gasteiger partial charge in [0.05, 0.1) is 23.4 Å². The van der Waals surface area contributed by atoms with Crippen LogP contribution in [0.3, 0.4) is 0 Å². The number of ether oxygens (including phenoxy) is 1. The van der Waals surface area contributed by atoms with Crippen LogP contribution in [0.25, 0.3) is 10.2 Å². The number of carbonyl (C=O) groups excluding carboxylic acids is 1. The average Bonchev–Trinajstić information content (AvgIpc) is 3.64. The van der Waals surface area contributed by atoms with E-state index in [1.807, 2.05) is 30.3 Å². The molecule has 0 spiro atoms. The molecule has 2 aromatic carbocycles. The van der Waals surface area contributed by atoms with Gasteiger partial charge in [-0.05, 0) is 42.0 Å². The number of fused-ring (bicyclic) bond motifs is 1. The average molecular weight is 548 g/mol. The second kappa shape index (κ2) is 9.87. The van der Waals surface area contributed by atoms with Crippen LogP contribution in [0.5, 0.6) is 5.75 Å². The molecule has 1 unspecified atom stereocenters. The van der Waals surface area contributed by atoms with Crippen LogP contribution in [-0.4, -0.2) is 43.3 Å². The molecule has 0 bridgehead atoms. The van der Waals surface area contributed by atoms with Crippen molar-refractivity contribution in [2.24, 2.45) is 0 Å². The number of amides is 1. The predicted octanol–water partition coefficient (Wildman–Crippen LogP) is 5.41. The lowest BCUT2D eigenvalue weighted by atomic mass is 10.1. The zero-order chi connectivity index (χ0) is 24.6. The lowest BCUT2D eigenvalue weighted by Crippen LogP contribution is -2.47. The number of nitrogens with zero attached hydrogens (tertiary/aromatic N) is 3. The Balaban J connectivity index is 1.57. The second-order valence-electron chi connectivity index (χ2n) is 8.04. The first-order chi connectivity index (χ1) is 16.9. The summed E-state index contributed by atoms with van der Waals surface area (Å²) >= 11 is 8.88. The zero-order valence-corrected chi connectivity index (χ0v) is 22.0. The van der Waals surface area contributed by atoms with Gasteiger partial charge >= 0.3 is 0 Å². The predicted molar refractivity (Wildman–Crippen MR) is 140 cm³/mol. The van der Waals surface area contributed by atoms with Gasteiger partial charge in [0.25, 0.3) is 10.0 Å². The van der Waals surface area contributed by atoms with Gasteiger partial charge in [0, 0.05) is 6.54 Å². The molecule has 1 atom stereocenters. The second-order valence-corrected chi connectivity index (χ2v) is 12.5. The Morgan fingerprint density at radius 1 is 1.20 bits per heavy atom. The van der Waals surface area contributed by atoms with E-state index in [1.54, 1.807) is 41.7 Å². The molecule has 2 aromatic heterocycles. The highest BCUT2D eigenvalue weighted by Gasteiger charge is 2.42. The van der Waals surface area contributed by atoms with Crippen molar-refractivity contribution in [1.82, 2.24) is 9.29 Å². The Kier molecular flexibility index (Phi) is 6.82. The SMILES string of the molecule is COc1ccc(Cl)c2sc(N(Cc3ccccc3)C(=O)C3CCCN3S(=O)(=O)c3cccs3)nc12. The number of halogens is 1. The van der Waals surface area contributed by atoms with Crippen molar-refractivity contribution < 1.29 is 17.9 Å². The molecular weight excluding hydrogens is 526 g/mol. The Morgan fingerprint density at radius 3 is 2.71 bits per heavy atom. The lowest BCUT2D eigenvalue weighted by molar-refractivity contribution is -0.121. The van der Waals surface area contributed by atoms with Crippen LogP contribution in [-0.2, 0) is 21.4 Å². The number of hydrogen-bond donors (Lipinski definition) is 0. The summed E-state index contributed by atoms with van der Waals surface area (Å²) in [6.07, 6.45) is 1.06. The molecule has 11 heteroatoms. The fourth-order valence-electron chi connectivity index (χ4n) is 4.21.